The van der Waals surface area contributed by atoms with Gasteiger partial charge < -0.3 is 30.0 Å². The Bertz CT molecular complexity index is 1990. The topological polar surface area (TPSA) is 92.3 Å². The lowest BCUT2D eigenvalue weighted by Crippen LogP contribution is -2.39. The number of para-hydroxylation sites is 1. The highest BCUT2D eigenvalue weighted by molar-refractivity contribution is 5.89. The van der Waals surface area contributed by atoms with E-state index < -0.39 is 6.29 Å². The molecule has 3 atom stereocenters. The van der Waals surface area contributed by atoms with Gasteiger partial charge in [0.05, 0.1) is 18.8 Å². The maximum absolute atomic E-state index is 12.7. The second-order valence-electron chi connectivity index (χ2n) is 13.5. The summed E-state index contributed by atoms with van der Waals surface area (Å²) in [7, 11) is 0. The lowest BCUT2D eigenvalue weighted by atomic mass is 9.99. The molecule has 3 unspecified atom stereocenters. The van der Waals surface area contributed by atoms with Gasteiger partial charge in [-0.1, -0.05) is 127 Å². The third kappa shape index (κ3) is 10.4. The third-order valence-corrected chi connectivity index (χ3v) is 9.37. The number of nitrogens with zero attached hydrogens (tertiary/aromatic N) is 1. The molecule has 0 radical (unpaired) electrons. The Hall–Kier alpha value is -5.77. The first-order valence-electron chi connectivity index (χ1n) is 18.3. The number of urea groups is 1. The van der Waals surface area contributed by atoms with Crippen LogP contribution in [0.4, 0.5) is 10.5 Å². The summed E-state index contributed by atoms with van der Waals surface area (Å²) in [6.45, 7) is 2.65. The minimum atomic E-state index is -0.583. The van der Waals surface area contributed by atoms with Gasteiger partial charge in [-0.15, -0.1) is 0 Å². The summed E-state index contributed by atoms with van der Waals surface area (Å²) in [6, 6.07) is 53.5. The van der Waals surface area contributed by atoms with E-state index in [0.29, 0.717) is 24.4 Å². The van der Waals surface area contributed by atoms with Crippen molar-refractivity contribution in [2.45, 2.75) is 51.2 Å². The summed E-state index contributed by atoms with van der Waals surface area (Å²) in [4.78, 5) is 15.2. The van der Waals surface area contributed by atoms with Crippen LogP contribution in [-0.2, 0) is 35.7 Å². The van der Waals surface area contributed by atoms with Crippen LogP contribution in [0.1, 0.15) is 52.2 Å². The molecule has 1 aliphatic rings. The Balaban J connectivity index is 1.00. The molecule has 0 bridgehead atoms. The van der Waals surface area contributed by atoms with Gasteiger partial charge in [-0.2, -0.15) is 0 Å². The summed E-state index contributed by atoms with van der Waals surface area (Å²) in [5, 5.41) is 15.5. The quantitative estimate of drug-likeness (QED) is 0.104. The number of hydrogen-bond donors (Lipinski definition) is 3. The molecule has 8 heteroatoms. The molecule has 2 amide bonds. The average Bonchev–Trinajstić information content (AvgIpc) is 3.22. The molecule has 0 spiro atoms. The Kier molecular flexibility index (Phi) is 12.4. The van der Waals surface area contributed by atoms with Gasteiger partial charge in [-0.25, -0.2) is 4.79 Å². The number of carbonyl (C=O) groups is 1. The van der Waals surface area contributed by atoms with Gasteiger partial charge in [-0.05, 0) is 64.2 Å². The number of hydrogen-bond acceptors (Lipinski definition) is 6. The number of anilines is 1. The molecule has 6 aromatic carbocycles. The molecule has 1 aliphatic heterocycles. The van der Waals surface area contributed by atoms with Gasteiger partial charge in [0.1, 0.15) is 11.5 Å². The number of ether oxygens (including phenoxy) is 3. The first kappa shape index (κ1) is 36.6. The van der Waals surface area contributed by atoms with Crippen molar-refractivity contribution < 1.29 is 24.1 Å². The molecule has 3 N–H and O–H groups in total. The van der Waals surface area contributed by atoms with Crippen molar-refractivity contribution in [3.05, 3.63) is 197 Å². The number of benzene rings is 6. The van der Waals surface area contributed by atoms with Crippen LogP contribution < -0.4 is 15.4 Å². The molecule has 274 valence electrons. The van der Waals surface area contributed by atoms with Crippen LogP contribution >= 0.6 is 0 Å². The number of rotatable bonds is 14. The largest absolute Gasteiger partial charge is 0.457 e. The highest BCUT2D eigenvalue weighted by atomic mass is 16.7. The Labute approximate surface area is 317 Å². The second-order valence-corrected chi connectivity index (χ2v) is 13.5. The van der Waals surface area contributed by atoms with Gasteiger partial charge in [0, 0.05) is 43.9 Å². The highest BCUT2D eigenvalue weighted by Gasteiger charge is 2.33. The molecule has 0 aliphatic carbocycles. The Morgan fingerprint density at radius 3 is 1.80 bits per heavy atom. The van der Waals surface area contributed by atoms with Crippen molar-refractivity contribution in [1.82, 2.24) is 10.2 Å². The van der Waals surface area contributed by atoms with Crippen molar-refractivity contribution in [3.63, 3.8) is 0 Å². The zero-order chi connectivity index (χ0) is 37.0. The fourth-order valence-electron chi connectivity index (χ4n) is 6.57. The predicted molar refractivity (Wildman–Crippen MR) is 211 cm³/mol. The van der Waals surface area contributed by atoms with E-state index in [0.717, 1.165) is 47.6 Å². The van der Waals surface area contributed by atoms with E-state index in [1.54, 1.807) is 12.1 Å². The normalized spacial score (nSPS) is 16.8. The molecule has 0 saturated carbocycles. The smallest absolute Gasteiger partial charge is 0.319 e. The van der Waals surface area contributed by atoms with Crippen molar-refractivity contribution >= 4 is 11.7 Å². The predicted octanol–water partition coefficient (Wildman–Crippen LogP) is 9.54. The van der Waals surface area contributed by atoms with E-state index >= 15 is 0 Å². The zero-order valence-corrected chi connectivity index (χ0v) is 30.1. The third-order valence-electron chi connectivity index (χ3n) is 9.37. The molecular weight excluding hydrogens is 675 g/mol. The molecule has 1 saturated heterocycles. The molecule has 6 aromatic rings. The van der Waals surface area contributed by atoms with Crippen LogP contribution in [0.3, 0.4) is 0 Å². The van der Waals surface area contributed by atoms with E-state index in [2.05, 4.69) is 64.1 Å². The van der Waals surface area contributed by atoms with E-state index in [1.165, 1.54) is 11.1 Å². The molecule has 54 heavy (non-hydrogen) atoms. The lowest BCUT2D eigenvalue weighted by Gasteiger charge is -2.38. The van der Waals surface area contributed by atoms with Crippen LogP contribution in [0.5, 0.6) is 11.5 Å². The summed E-state index contributed by atoms with van der Waals surface area (Å²) in [6.07, 6.45) is -0.196. The fourth-order valence-corrected chi connectivity index (χ4v) is 6.57. The van der Waals surface area contributed by atoms with E-state index in [4.69, 9.17) is 14.2 Å². The van der Waals surface area contributed by atoms with Crippen LogP contribution in [0.15, 0.2) is 164 Å². The monoisotopic (exact) mass is 719 g/mol. The first-order valence-corrected chi connectivity index (χ1v) is 18.3. The SMILES string of the molecule is O=C(NCc1ccc(C2OC(CN(Cc3ccccc3)Cc3ccccc3)CC(c3ccc(CO)cc3)O2)cc1)Nc1ccc(Oc2ccccc2)cc1. The maximum atomic E-state index is 12.7. The fraction of sp³-hybridized carbons (Fsp3) is 0.196. The summed E-state index contributed by atoms with van der Waals surface area (Å²) in [5.41, 5.74) is 6.92. The Morgan fingerprint density at radius 2 is 1.19 bits per heavy atom. The minimum absolute atomic E-state index is 0.00528. The second kappa shape index (κ2) is 18.3. The highest BCUT2D eigenvalue weighted by Crippen LogP contribution is 2.38. The van der Waals surface area contributed by atoms with Gasteiger partial charge in [-0.3, -0.25) is 4.90 Å². The van der Waals surface area contributed by atoms with Crippen molar-refractivity contribution in [2.24, 2.45) is 0 Å². The van der Waals surface area contributed by atoms with Gasteiger partial charge in [0.15, 0.2) is 6.29 Å². The van der Waals surface area contributed by atoms with Gasteiger partial charge in [0.2, 0.25) is 0 Å². The van der Waals surface area contributed by atoms with Crippen molar-refractivity contribution in [1.29, 1.82) is 0 Å². The molecule has 1 fully saturated rings. The maximum Gasteiger partial charge on any atom is 0.319 e. The van der Waals surface area contributed by atoms with Gasteiger partial charge in [0.25, 0.3) is 0 Å². The standard InChI is InChI=1S/C46H45N3O5/c50-33-37-18-20-38(21-19-37)44-28-43(32-49(30-35-10-4-1-5-11-35)31-36-12-6-2-7-13-36)53-45(54-44)39-22-16-34(17-23-39)29-47-46(51)48-40-24-26-42(27-25-40)52-41-14-8-3-9-15-41/h1-27,43-45,50H,28-33H2,(H2,47,48,51). The number of aliphatic hydroxyl groups excluding tert-OH is 1. The van der Waals surface area contributed by atoms with Crippen LogP contribution in [0.25, 0.3) is 0 Å². The molecule has 8 nitrogen and oxygen atoms in total. The number of carbonyl (C=O) groups excluding carboxylic acids is 1. The summed E-state index contributed by atoms with van der Waals surface area (Å²) in [5.74, 6) is 1.44. The lowest BCUT2D eigenvalue weighted by molar-refractivity contribution is -0.253. The zero-order valence-electron chi connectivity index (χ0n) is 30.1. The van der Waals surface area contributed by atoms with Crippen molar-refractivity contribution in [3.8, 4) is 11.5 Å². The first-order chi connectivity index (χ1) is 26.6. The van der Waals surface area contributed by atoms with Crippen LogP contribution in [0, 0.1) is 0 Å². The van der Waals surface area contributed by atoms with Crippen LogP contribution in [-0.4, -0.2) is 28.7 Å². The van der Waals surface area contributed by atoms with E-state index in [9.17, 15) is 9.90 Å². The average molecular weight is 720 g/mol. The minimum Gasteiger partial charge on any atom is -0.457 e. The van der Waals surface area contributed by atoms with E-state index in [1.807, 2.05) is 103 Å². The molecule has 1 heterocycles. The number of aliphatic hydroxyl groups is 1. The van der Waals surface area contributed by atoms with Crippen LogP contribution in [0.2, 0.25) is 0 Å². The Morgan fingerprint density at radius 1 is 0.630 bits per heavy atom. The number of nitrogens with one attached hydrogen (secondary N) is 2. The molecule has 7 rings (SSSR count). The van der Waals surface area contributed by atoms with E-state index in [-0.39, 0.29) is 24.8 Å². The van der Waals surface area contributed by atoms with Gasteiger partial charge >= 0.3 is 6.03 Å². The number of amides is 2. The summed E-state index contributed by atoms with van der Waals surface area (Å²) < 4.78 is 19.2. The molecule has 0 aromatic heterocycles. The molecular formula is C46H45N3O5. The summed E-state index contributed by atoms with van der Waals surface area (Å²) >= 11 is 0. The van der Waals surface area contributed by atoms with Crippen molar-refractivity contribution in [2.75, 3.05) is 11.9 Å².